The van der Waals surface area contributed by atoms with E-state index in [2.05, 4.69) is 15.9 Å². The van der Waals surface area contributed by atoms with Crippen molar-refractivity contribution in [3.05, 3.63) is 57.5 Å². The first-order chi connectivity index (χ1) is 8.40. The molecule has 0 spiro atoms. The van der Waals surface area contributed by atoms with Crippen LogP contribution in [-0.4, -0.2) is 0 Å². The summed E-state index contributed by atoms with van der Waals surface area (Å²) in [7, 11) is 0. The second-order valence-electron chi connectivity index (χ2n) is 4.02. The number of hydrogen-bond acceptors (Lipinski definition) is 1. The van der Waals surface area contributed by atoms with Crippen molar-refractivity contribution < 1.29 is 13.2 Å². The number of rotatable bonds is 2. The number of hydrogen-bond donors (Lipinski definition) is 0. The molecule has 2 aromatic rings. The molecule has 5 heteroatoms. The van der Waals surface area contributed by atoms with Crippen LogP contribution in [-0.2, 0) is 0 Å². The number of benzene rings is 1. The zero-order chi connectivity index (χ0) is 13.4. The molecule has 0 saturated carbocycles. The van der Waals surface area contributed by atoms with Gasteiger partial charge in [-0.3, -0.25) is 0 Å². The van der Waals surface area contributed by atoms with Crippen molar-refractivity contribution in [1.29, 1.82) is 0 Å². The minimum Gasteiger partial charge on any atom is -0.466 e. The smallest absolute Gasteiger partial charge is 0.160 e. The highest BCUT2D eigenvalue weighted by Gasteiger charge is 2.20. The summed E-state index contributed by atoms with van der Waals surface area (Å²) in [5, 5.41) is 0.175. The maximum atomic E-state index is 13.3. The highest BCUT2D eigenvalue weighted by molar-refractivity contribution is 9.09. The molecule has 0 bridgehead atoms. The van der Waals surface area contributed by atoms with Crippen molar-refractivity contribution in [2.45, 2.75) is 18.7 Å². The van der Waals surface area contributed by atoms with Crippen LogP contribution in [0.2, 0.25) is 5.02 Å². The molecule has 0 fully saturated rings. The van der Waals surface area contributed by atoms with Crippen LogP contribution >= 0.6 is 27.5 Å². The minimum atomic E-state index is -0.955. The fourth-order valence-electron chi connectivity index (χ4n) is 1.80. The van der Waals surface area contributed by atoms with Crippen LogP contribution in [0, 0.1) is 25.5 Å². The molecule has 0 aliphatic heterocycles. The zero-order valence-corrected chi connectivity index (χ0v) is 12.1. The largest absolute Gasteiger partial charge is 0.466 e. The predicted molar refractivity (Wildman–Crippen MR) is 70.3 cm³/mol. The van der Waals surface area contributed by atoms with Gasteiger partial charge in [-0.05, 0) is 37.6 Å². The minimum absolute atomic E-state index is 0.175. The third-order valence-corrected chi connectivity index (χ3v) is 3.98. The molecule has 1 aromatic heterocycles. The Labute approximate surface area is 117 Å². The molecule has 1 heterocycles. The van der Waals surface area contributed by atoms with Gasteiger partial charge in [0.2, 0.25) is 0 Å². The lowest BCUT2D eigenvalue weighted by Gasteiger charge is -2.11. The molecule has 0 N–H and O–H groups in total. The van der Waals surface area contributed by atoms with Crippen LogP contribution in [0.5, 0.6) is 0 Å². The lowest BCUT2D eigenvalue weighted by atomic mass is 10.0. The van der Waals surface area contributed by atoms with Gasteiger partial charge < -0.3 is 4.42 Å². The standard InChI is InChI=1S/C13H10BrClF2O/c1-6-3-8(7(2)18-6)13(14)9-4-11(16)12(17)5-10(9)15/h3-5,13H,1-2H3. The Balaban J connectivity index is 2.49. The molecule has 0 aliphatic rings. The first kappa shape index (κ1) is 13.6. The van der Waals surface area contributed by atoms with Gasteiger partial charge in [0.1, 0.15) is 11.5 Å². The first-order valence-corrected chi connectivity index (χ1v) is 6.55. The summed E-state index contributed by atoms with van der Waals surface area (Å²) in [6.07, 6.45) is 0. The molecule has 0 saturated heterocycles. The predicted octanol–water partition coefficient (Wildman–Crippen LogP) is 5.31. The zero-order valence-electron chi connectivity index (χ0n) is 9.73. The number of alkyl halides is 1. The van der Waals surface area contributed by atoms with E-state index in [4.69, 9.17) is 16.0 Å². The van der Waals surface area contributed by atoms with Gasteiger partial charge in [-0.15, -0.1) is 0 Å². The normalized spacial score (nSPS) is 12.8. The molecule has 2 rings (SSSR count). The first-order valence-electron chi connectivity index (χ1n) is 5.25. The summed E-state index contributed by atoms with van der Waals surface area (Å²) >= 11 is 9.37. The van der Waals surface area contributed by atoms with Crippen molar-refractivity contribution in [3.8, 4) is 0 Å². The summed E-state index contributed by atoms with van der Waals surface area (Å²) < 4.78 is 31.7. The van der Waals surface area contributed by atoms with Crippen LogP contribution in [0.4, 0.5) is 8.78 Å². The van der Waals surface area contributed by atoms with Crippen molar-refractivity contribution in [2.75, 3.05) is 0 Å². The average molecular weight is 336 g/mol. The molecule has 18 heavy (non-hydrogen) atoms. The van der Waals surface area contributed by atoms with Gasteiger partial charge in [0.25, 0.3) is 0 Å². The van der Waals surface area contributed by atoms with E-state index >= 15 is 0 Å². The van der Waals surface area contributed by atoms with Crippen LogP contribution in [0.15, 0.2) is 22.6 Å². The van der Waals surface area contributed by atoms with Crippen LogP contribution in [0.1, 0.15) is 27.5 Å². The fourth-order valence-corrected chi connectivity index (χ4v) is 3.03. The average Bonchev–Trinajstić information content (AvgIpc) is 2.62. The van der Waals surface area contributed by atoms with Crippen LogP contribution in [0.3, 0.4) is 0 Å². The van der Waals surface area contributed by atoms with Gasteiger partial charge in [0, 0.05) is 10.6 Å². The Bertz CT molecular complexity index is 595. The third-order valence-electron chi connectivity index (χ3n) is 2.67. The van der Waals surface area contributed by atoms with Gasteiger partial charge in [0.15, 0.2) is 11.6 Å². The Morgan fingerprint density at radius 2 is 1.72 bits per heavy atom. The molecule has 0 radical (unpaired) electrons. The SMILES string of the molecule is Cc1cc(C(Br)c2cc(F)c(F)cc2Cl)c(C)o1. The van der Waals surface area contributed by atoms with Gasteiger partial charge in [-0.2, -0.15) is 0 Å². The number of halogens is 4. The van der Waals surface area contributed by atoms with Crippen molar-refractivity contribution >= 4 is 27.5 Å². The molecular formula is C13H10BrClF2O. The van der Waals surface area contributed by atoms with Gasteiger partial charge in [0.05, 0.1) is 4.83 Å². The Morgan fingerprint density at radius 1 is 1.11 bits per heavy atom. The quantitative estimate of drug-likeness (QED) is 0.535. The van der Waals surface area contributed by atoms with E-state index in [1.54, 1.807) is 0 Å². The maximum absolute atomic E-state index is 13.3. The van der Waals surface area contributed by atoms with E-state index in [9.17, 15) is 8.78 Å². The van der Waals surface area contributed by atoms with E-state index in [0.29, 0.717) is 5.56 Å². The lowest BCUT2D eigenvalue weighted by Crippen LogP contribution is -1.97. The van der Waals surface area contributed by atoms with Crippen molar-refractivity contribution in [3.63, 3.8) is 0 Å². The Hall–Kier alpha value is -0.870. The summed E-state index contributed by atoms with van der Waals surface area (Å²) in [5.74, 6) is -0.402. The van der Waals surface area contributed by atoms with E-state index in [0.717, 1.165) is 29.2 Å². The van der Waals surface area contributed by atoms with Gasteiger partial charge >= 0.3 is 0 Å². The van der Waals surface area contributed by atoms with Crippen molar-refractivity contribution in [1.82, 2.24) is 0 Å². The molecule has 0 aliphatic carbocycles. The second-order valence-corrected chi connectivity index (χ2v) is 5.34. The molecular weight excluding hydrogens is 325 g/mol. The van der Waals surface area contributed by atoms with E-state index in [1.165, 1.54) is 0 Å². The molecule has 1 aromatic carbocycles. The van der Waals surface area contributed by atoms with Crippen molar-refractivity contribution in [2.24, 2.45) is 0 Å². The Morgan fingerprint density at radius 3 is 2.28 bits per heavy atom. The summed E-state index contributed by atoms with van der Waals surface area (Å²) in [6.45, 7) is 3.63. The topological polar surface area (TPSA) is 13.1 Å². The molecule has 1 nitrogen and oxygen atoms in total. The summed E-state index contributed by atoms with van der Waals surface area (Å²) in [5.41, 5.74) is 1.32. The second kappa shape index (κ2) is 5.02. The number of aryl methyl sites for hydroxylation is 2. The molecule has 1 atom stereocenters. The van der Waals surface area contributed by atoms with Crippen LogP contribution in [0.25, 0.3) is 0 Å². The monoisotopic (exact) mass is 334 g/mol. The van der Waals surface area contributed by atoms with E-state index in [-0.39, 0.29) is 9.85 Å². The Kier molecular flexibility index (Phi) is 3.78. The van der Waals surface area contributed by atoms with Gasteiger partial charge in [-0.1, -0.05) is 27.5 Å². The number of furan rings is 1. The molecule has 0 amide bonds. The maximum Gasteiger partial charge on any atom is 0.160 e. The highest BCUT2D eigenvalue weighted by Crippen LogP contribution is 2.38. The molecule has 96 valence electrons. The van der Waals surface area contributed by atoms with E-state index < -0.39 is 11.6 Å². The molecule has 1 unspecified atom stereocenters. The summed E-state index contributed by atoms with van der Waals surface area (Å²) in [4.78, 5) is -0.336. The summed E-state index contributed by atoms with van der Waals surface area (Å²) in [6, 6.07) is 3.91. The lowest BCUT2D eigenvalue weighted by molar-refractivity contribution is 0.501. The fraction of sp³-hybridized carbons (Fsp3) is 0.231. The van der Waals surface area contributed by atoms with Gasteiger partial charge in [-0.25, -0.2) is 8.78 Å². The van der Waals surface area contributed by atoms with E-state index in [1.807, 2.05) is 19.9 Å². The highest BCUT2D eigenvalue weighted by atomic mass is 79.9. The van der Waals surface area contributed by atoms with Crippen LogP contribution < -0.4 is 0 Å². The third kappa shape index (κ3) is 2.45.